The normalized spacial score (nSPS) is 39.7. The van der Waals surface area contributed by atoms with Crippen LogP contribution in [0.15, 0.2) is 6.07 Å². The van der Waals surface area contributed by atoms with E-state index < -0.39 is 0 Å². The summed E-state index contributed by atoms with van der Waals surface area (Å²) in [5.41, 5.74) is 6.17. The lowest BCUT2D eigenvalue weighted by Gasteiger charge is -2.54. The van der Waals surface area contributed by atoms with Gasteiger partial charge in [-0.15, -0.1) is 5.10 Å². The molecule has 0 spiro atoms. The monoisotopic (exact) mass is 261 g/mol. The zero-order chi connectivity index (χ0) is 13.0. The number of hydrogen-bond acceptors (Lipinski definition) is 3. The summed E-state index contributed by atoms with van der Waals surface area (Å²) in [5, 5.41) is 4.62. The van der Waals surface area contributed by atoms with Crippen LogP contribution in [0.3, 0.4) is 0 Å². The predicted molar refractivity (Wildman–Crippen MR) is 73.9 cm³/mol. The molecule has 0 radical (unpaired) electrons. The number of nitrogen functional groups attached to an aromatic ring is 1. The van der Waals surface area contributed by atoms with Gasteiger partial charge in [-0.1, -0.05) is 0 Å². The molecule has 104 valence electrons. The number of rotatable bonds is 3. The molecule has 0 aliphatic heterocycles. The lowest BCUT2D eigenvalue weighted by molar-refractivity contribution is -0.0330. The molecule has 0 unspecified atom stereocenters. The van der Waals surface area contributed by atoms with Crippen molar-refractivity contribution >= 4 is 5.82 Å². The van der Waals surface area contributed by atoms with Crippen LogP contribution in [-0.2, 0) is 0 Å². The summed E-state index contributed by atoms with van der Waals surface area (Å²) in [7, 11) is 0. The van der Waals surface area contributed by atoms with Crippen molar-refractivity contribution in [1.82, 2.24) is 9.78 Å². The fourth-order valence-corrected chi connectivity index (χ4v) is 5.14. The van der Waals surface area contributed by atoms with Crippen molar-refractivity contribution in [2.45, 2.75) is 45.1 Å². The summed E-state index contributed by atoms with van der Waals surface area (Å²) in [5.74, 6) is 5.04. The Bertz CT molecular complexity index is 454. The Morgan fingerprint density at radius 3 is 2.42 bits per heavy atom. The van der Waals surface area contributed by atoms with Crippen molar-refractivity contribution < 1.29 is 4.74 Å². The molecule has 0 saturated heterocycles. The smallest absolute Gasteiger partial charge is 0.234 e. The molecule has 4 heteroatoms. The van der Waals surface area contributed by atoms with Gasteiger partial charge in [0.25, 0.3) is 0 Å². The predicted octanol–water partition coefficient (Wildman–Crippen LogP) is 2.86. The zero-order valence-corrected chi connectivity index (χ0v) is 11.6. The minimum absolute atomic E-state index is 0.530. The van der Waals surface area contributed by atoms with Gasteiger partial charge in [-0.2, -0.15) is 0 Å². The highest BCUT2D eigenvalue weighted by Gasteiger charge is 2.49. The average Bonchev–Trinajstić information content (AvgIpc) is 2.69. The van der Waals surface area contributed by atoms with Crippen LogP contribution in [0.1, 0.15) is 45.1 Å². The van der Waals surface area contributed by atoms with E-state index in [0.29, 0.717) is 18.5 Å². The van der Waals surface area contributed by atoms with Crippen LogP contribution in [-0.4, -0.2) is 16.4 Å². The lowest BCUT2D eigenvalue weighted by atomic mass is 9.54. The van der Waals surface area contributed by atoms with Gasteiger partial charge in [0.05, 0.1) is 12.6 Å². The Kier molecular flexibility index (Phi) is 2.54. The molecule has 5 rings (SSSR count). The van der Waals surface area contributed by atoms with E-state index in [9.17, 15) is 0 Å². The summed E-state index contributed by atoms with van der Waals surface area (Å²) in [6.45, 7) is 2.64. The second kappa shape index (κ2) is 4.15. The molecule has 1 aromatic heterocycles. The quantitative estimate of drug-likeness (QED) is 0.910. The molecule has 19 heavy (non-hydrogen) atoms. The van der Waals surface area contributed by atoms with Gasteiger partial charge in [0.15, 0.2) is 0 Å². The Morgan fingerprint density at radius 2 is 1.84 bits per heavy atom. The third kappa shape index (κ3) is 1.76. The second-order valence-electron chi connectivity index (χ2n) is 6.71. The first-order valence-corrected chi connectivity index (χ1v) is 7.72. The lowest BCUT2D eigenvalue weighted by Crippen LogP contribution is -2.46. The van der Waals surface area contributed by atoms with Crippen LogP contribution in [0.2, 0.25) is 0 Å². The second-order valence-corrected chi connectivity index (χ2v) is 6.71. The molecule has 1 aromatic rings. The van der Waals surface area contributed by atoms with Crippen molar-refractivity contribution in [3.8, 4) is 5.88 Å². The maximum Gasteiger partial charge on any atom is 0.234 e. The molecule has 4 saturated carbocycles. The fraction of sp³-hybridized carbons (Fsp3) is 0.800. The van der Waals surface area contributed by atoms with E-state index in [0.717, 1.165) is 29.5 Å². The number of nitrogens with two attached hydrogens (primary N) is 1. The van der Waals surface area contributed by atoms with E-state index in [2.05, 4.69) is 9.78 Å². The van der Waals surface area contributed by atoms with Crippen LogP contribution in [0, 0.1) is 23.7 Å². The van der Waals surface area contributed by atoms with E-state index >= 15 is 0 Å². The molecule has 4 bridgehead atoms. The van der Waals surface area contributed by atoms with Crippen LogP contribution in [0.25, 0.3) is 0 Å². The molecule has 2 N–H and O–H groups in total. The number of aromatic nitrogens is 2. The number of anilines is 1. The van der Waals surface area contributed by atoms with Gasteiger partial charge in [-0.25, -0.2) is 4.68 Å². The highest BCUT2D eigenvalue weighted by molar-refractivity contribution is 5.35. The standard InChI is InChI=1S/C15H23N3O/c1-2-19-14-8-13(16)18(17-14)15-11-4-9-3-10(6-11)7-12(15)5-9/h8-12,15H,2-7,16H2,1H3. The van der Waals surface area contributed by atoms with Crippen LogP contribution in [0.4, 0.5) is 5.82 Å². The molecule has 4 fully saturated rings. The Balaban J connectivity index is 1.65. The minimum Gasteiger partial charge on any atom is -0.477 e. The number of hydrogen-bond donors (Lipinski definition) is 1. The van der Waals surface area contributed by atoms with E-state index in [-0.39, 0.29) is 0 Å². The average molecular weight is 261 g/mol. The Labute approximate surface area is 114 Å². The maximum absolute atomic E-state index is 6.17. The van der Waals surface area contributed by atoms with Gasteiger partial charge >= 0.3 is 0 Å². The van der Waals surface area contributed by atoms with Crippen molar-refractivity contribution in [2.24, 2.45) is 23.7 Å². The third-order valence-corrected chi connectivity index (χ3v) is 5.49. The molecule has 0 atom stereocenters. The van der Waals surface area contributed by atoms with Gasteiger partial charge in [0.1, 0.15) is 5.82 Å². The summed E-state index contributed by atoms with van der Waals surface area (Å²) >= 11 is 0. The van der Waals surface area contributed by atoms with Crippen LogP contribution >= 0.6 is 0 Å². The molecule has 1 heterocycles. The molecule has 0 aromatic carbocycles. The SMILES string of the molecule is CCOc1cc(N)n(C2C3CC4CC(C3)CC2C4)n1. The van der Waals surface area contributed by atoms with Gasteiger partial charge in [-0.3, -0.25) is 0 Å². The number of ether oxygens (including phenoxy) is 1. The van der Waals surface area contributed by atoms with Crippen molar-refractivity contribution in [2.75, 3.05) is 12.3 Å². The number of nitrogens with zero attached hydrogens (tertiary/aromatic N) is 2. The van der Waals surface area contributed by atoms with E-state index in [1.807, 2.05) is 13.0 Å². The van der Waals surface area contributed by atoms with Gasteiger partial charge in [0.2, 0.25) is 5.88 Å². The molecule has 0 amide bonds. The van der Waals surface area contributed by atoms with E-state index in [4.69, 9.17) is 10.5 Å². The topological polar surface area (TPSA) is 53.1 Å². The summed E-state index contributed by atoms with van der Waals surface area (Å²) in [4.78, 5) is 0. The highest BCUT2D eigenvalue weighted by atomic mass is 16.5. The first kappa shape index (κ1) is 11.6. The zero-order valence-electron chi connectivity index (χ0n) is 11.6. The molecule has 4 nitrogen and oxygen atoms in total. The maximum atomic E-state index is 6.17. The first-order valence-electron chi connectivity index (χ1n) is 7.72. The summed E-state index contributed by atoms with van der Waals surface area (Å²) in [6.07, 6.45) is 7.04. The van der Waals surface area contributed by atoms with Crippen LogP contribution < -0.4 is 10.5 Å². The fourth-order valence-electron chi connectivity index (χ4n) is 5.14. The summed E-state index contributed by atoms with van der Waals surface area (Å²) < 4.78 is 7.58. The van der Waals surface area contributed by atoms with Crippen molar-refractivity contribution in [3.05, 3.63) is 6.07 Å². The highest BCUT2D eigenvalue weighted by Crippen LogP contribution is 2.58. The molecular formula is C15H23N3O. The minimum atomic E-state index is 0.530. The largest absolute Gasteiger partial charge is 0.477 e. The van der Waals surface area contributed by atoms with E-state index in [1.165, 1.54) is 32.1 Å². The third-order valence-electron chi connectivity index (χ3n) is 5.49. The molecule has 4 aliphatic rings. The molecule has 4 aliphatic carbocycles. The van der Waals surface area contributed by atoms with Gasteiger partial charge in [0, 0.05) is 6.07 Å². The van der Waals surface area contributed by atoms with Crippen LogP contribution in [0.5, 0.6) is 5.88 Å². The van der Waals surface area contributed by atoms with E-state index in [1.54, 1.807) is 0 Å². The van der Waals surface area contributed by atoms with Crippen molar-refractivity contribution in [1.29, 1.82) is 0 Å². The Hall–Kier alpha value is -1.19. The first-order chi connectivity index (χ1) is 9.24. The Morgan fingerprint density at radius 1 is 1.21 bits per heavy atom. The van der Waals surface area contributed by atoms with Crippen molar-refractivity contribution in [3.63, 3.8) is 0 Å². The van der Waals surface area contributed by atoms with Gasteiger partial charge in [-0.05, 0) is 62.7 Å². The molecular weight excluding hydrogens is 238 g/mol. The summed E-state index contributed by atoms with van der Waals surface area (Å²) in [6, 6.07) is 2.41. The van der Waals surface area contributed by atoms with Gasteiger partial charge < -0.3 is 10.5 Å².